The molecule has 0 unspecified atom stereocenters. The zero-order chi connectivity index (χ0) is 19.3. The molecule has 5 rings (SSSR count). The van der Waals surface area contributed by atoms with Gasteiger partial charge in [-0.2, -0.15) is 0 Å². The summed E-state index contributed by atoms with van der Waals surface area (Å²) in [6.07, 6.45) is 3.57. The minimum atomic E-state index is 0.0774. The maximum absolute atomic E-state index is 12.5. The van der Waals surface area contributed by atoms with Gasteiger partial charge in [-0.1, -0.05) is 29.5 Å². The molecular weight excluding hydrogens is 368 g/mol. The number of nitrogens with zero attached hydrogens (tertiary/aromatic N) is 4. The van der Waals surface area contributed by atoms with E-state index in [0.29, 0.717) is 6.54 Å². The standard InChI is InChI=1S/C22H18N4OS/c1-14-11-17(26-15(2)24-18-12-23-10-9-19(18)26)8-7-16(14)13-25-20-5-3-4-6-21(20)28-22(25)27/h3-12H,13H2,1-2H3. The van der Waals surface area contributed by atoms with E-state index in [9.17, 15) is 4.79 Å². The second kappa shape index (κ2) is 6.42. The highest BCUT2D eigenvalue weighted by Gasteiger charge is 2.12. The summed E-state index contributed by atoms with van der Waals surface area (Å²) in [6, 6.07) is 16.3. The first-order chi connectivity index (χ1) is 13.6. The Morgan fingerprint density at radius 3 is 2.75 bits per heavy atom. The van der Waals surface area contributed by atoms with E-state index in [1.165, 1.54) is 11.3 Å². The minimum absolute atomic E-state index is 0.0774. The van der Waals surface area contributed by atoms with Crippen molar-refractivity contribution in [2.45, 2.75) is 20.4 Å². The second-order valence-corrected chi connectivity index (χ2v) is 7.88. The summed E-state index contributed by atoms with van der Waals surface area (Å²) in [4.78, 5) is 21.3. The Kier molecular flexibility index (Phi) is 3.87. The molecule has 0 aliphatic heterocycles. The van der Waals surface area contributed by atoms with Gasteiger partial charge < -0.3 is 0 Å². The van der Waals surface area contributed by atoms with E-state index in [2.05, 4.69) is 39.7 Å². The van der Waals surface area contributed by atoms with Crippen LogP contribution in [0.2, 0.25) is 0 Å². The van der Waals surface area contributed by atoms with Crippen molar-refractivity contribution in [3.8, 4) is 5.69 Å². The molecule has 5 aromatic rings. The van der Waals surface area contributed by atoms with Crippen LogP contribution in [0.1, 0.15) is 17.0 Å². The molecule has 0 bridgehead atoms. The van der Waals surface area contributed by atoms with Crippen LogP contribution in [0.5, 0.6) is 0 Å². The van der Waals surface area contributed by atoms with Gasteiger partial charge in [0.15, 0.2) is 0 Å². The lowest BCUT2D eigenvalue weighted by Gasteiger charge is -2.12. The van der Waals surface area contributed by atoms with Crippen LogP contribution in [-0.2, 0) is 6.54 Å². The molecule has 0 saturated heterocycles. The molecule has 0 aliphatic carbocycles. The van der Waals surface area contributed by atoms with Crippen LogP contribution in [0.4, 0.5) is 0 Å². The highest BCUT2D eigenvalue weighted by atomic mass is 32.1. The third-order valence-corrected chi connectivity index (χ3v) is 6.07. The van der Waals surface area contributed by atoms with E-state index in [0.717, 1.165) is 43.9 Å². The lowest BCUT2D eigenvalue weighted by Crippen LogP contribution is -2.14. The number of aromatic nitrogens is 4. The molecule has 6 heteroatoms. The van der Waals surface area contributed by atoms with Gasteiger partial charge in [0.1, 0.15) is 11.3 Å². The van der Waals surface area contributed by atoms with Gasteiger partial charge in [0.05, 0.1) is 28.5 Å². The third kappa shape index (κ3) is 2.65. The number of hydrogen-bond acceptors (Lipinski definition) is 4. The van der Waals surface area contributed by atoms with Gasteiger partial charge in [0, 0.05) is 11.9 Å². The highest BCUT2D eigenvalue weighted by molar-refractivity contribution is 7.16. The maximum Gasteiger partial charge on any atom is 0.308 e. The third-order valence-electron chi connectivity index (χ3n) is 5.11. The second-order valence-electron chi connectivity index (χ2n) is 6.89. The number of para-hydroxylation sites is 1. The van der Waals surface area contributed by atoms with Crippen LogP contribution in [0.3, 0.4) is 0 Å². The normalized spacial score (nSPS) is 11.5. The summed E-state index contributed by atoms with van der Waals surface area (Å²) in [5.74, 6) is 0.926. The Balaban J connectivity index is 1.58. The van der Waals surface area contributed by atoms with Gasteiger partial charge in [-0.15, -0.1) is 0 Å². The van der Waals surface area contributed by atoms with Gasteiger partial charge in [-0.25, -0.2) is 4.98 Å². The topological polar surface area (TPSA) is 52.7 Å². The summed E-state index contributed by atoms with van der Waals surface area (Å²) in [5, 5.41) is 0. The van der Waals surface area contributed by atoms with Gasteiger partial charge in [-0.3, -0.25) is 18.9 Å². The minimum Gasteiger partial charge on any atom is -0.296 e. The molecule has 3 aromatic heterocycles. The molecule has 28 heavy (non-hydrogen) atoms. The number of benzene rings is 2. The molecule has 0 spiro atoms. The van der Waals surface area contributed by atoms with Crippen molar-refractivity contribution in [3.05, 3.63) is 87.5 Å². The summed E-state index contributed by atoms with van der Waals surface area (Å²) in [7, 11) is 0. The van der Waals surface area contributed by atoms with E-state index in [-0.39, 0.29) is 4.87 Å². The van der Waals surface area contributed by atoms with Crippen LogP contribution in [0.25, 0.3) is 26.9 Å². The SMILES string of the molecule is Cc1cc(-n2c(C)nc3cnccc32)ccc1Cn1c(=O)sc2ccccc21. The van der Waals surface area contributed by atoms with Gasteiger partial charge in [0.25, 0.3) is 0 Å². The molecule has 138 valence electrons. The van der Waals surface area contributed by atoms with Crippen molar-refractivity contribution in [2.24, 2.45) is 0 Å². The monoisotopic (exact) mass is 386 g/mol. The van der Waals surface area contributed by atoms with Crippen molar-refractivity contribution in [2.75, 3.05) is 0 Å². The van der Waals surface area contributed by atoms with Crippen LogP contribution in [-0.4, -0.2) is 19.1 Å². The largest absolute Gasteiger partial charge is 0.308 e. The Bertz CT molecular complexity index is 1390. The van der Waals surface area contributed by atoms with Crippen molar-refractivity contribution in [1.29, 1.82) is 0 Å². The molecule has 0 fully saturated rings. The summed E-state index contributed by atoms with van der Waals surface area (Å²) in [6.45, 7) is 4.66. The van der Waals surface area contributed by atoms with E-state index in [1.807, 2.05) is 41.8 Å². The lowest BCUT2D eigenvalue weighted by molar-refractivity contribution is 0.809. The van der Waals surface area contributed by atoms with Crippen molar-refractivity contribution < 1.29 is 0 Å². The van der Waals surface area contributed by atoms with Gasteiger partial charge in [-0.05, 0) is 55.3 Å². The maximum atomic E-state index is 12.5. The summed E-state index contributed by atoms with van der Waals surface area (Å²) >= 11 is 1.30. The highest BCUT2D eigenvalue weighted by Crippen LogP contribution is 2.24. The molecule has 0 N–H and O–H groups in total. The van der Waals surface area contributed by atoms with Crippen LogP contribution in [0, 0.1) is 13.8 Å². The first-order valence-corrected chi connectivity index (χ1v) is 9.91. The summed E-state index contributed by atoms with van der Waals surface area (Å²) in [5.41, 5.74) is 6.27. The van der Waals surface area contributed by atoms with Gasteiger partial charge >= 0.3 is 4.87 Å². The molecule has 0 atom stereocenters. The number of thiazole rings is 1. The number of pyridine rings is 1. The smallest absolute Gasteiger partial charge is 0.296 e. The van der Waals surface area contributed by atoms with Gasteiger partial charge in [0.2, 0.25) is 0 Å². The van der Waals surface area contributed by atoms with E-state index in [1.54, 1.807) is 12.4 Å². The molecule has 0 radical (unpaired) electrons. The Hall–Kier alpha value is -3.25. The van der Waals surface area contributed by atoms with E-state index < -0.39 is 0 Å². The average molecular weight is 386 g/mol. The molecule has 5 nitrogen and oxygen atoms in total. The summed E-state index contributed by atoms with van der Waals surface area (Å²) < 4.78 is 5.02. The fraction of sp³-hybridized carbons (Fsp3) is 0.136. The molecule has 0 aliphatic rings. The van der Waals surface area contributed by atoms with Crippen molar-refractivity contribution >= 4 is 32.6 Å². The average Bonchev–Trinajstić information content (AvgIpc) is 3.19. The van der Waals surface area contributed by atoms with Crippen molar-refractivity contribution in [3.63, 3.8) is 0 Å². The molecule has 0 amide bonds. The first-order valence-electron chi connectivity index (χ1n) is 9.09. The number of aryl methyl sites for hydroxylation is 2. The zero-order valence-corrected chi connectivity index (χ0v) is 16.4. The number of fused-ring (bicyclic) bond motifs is 2. The Morgan fingerprint density at radius 2 is 1.89 bits per heavy atom. The van der Waals surface area contributed by atoms with E-state index in [4.69, 9.17) is 0 Å². The van der Waals surface area contributed by atoms with E-state index >= 15 is 0 Å². The van der Waals surface area contributed by atoms with Crippen LogP contribution in [0.15, 0.2) is 65.7 Å². The fourth-order valence-corrected chi connectivity index (χ4v) is 4.60. The molecule has 3 heterocycles. The Labute approximate surface area is 165 Å². The Morgan fingerprint density at radius 1 is 1.04 bits per heavy atom. The molecule has 0 saturated carbocycles. The number of imidazole rings is 1. The zero-order valence-electron chi connectivity index (χ0n) is 15.6. The predicted molar refractivity (Wildman–Crippen MR) is 114 cm³/mol. The van der Waals surface area contributed by atoms with Crippen LogP contribution < -0.4 is 4.87 Å². The number of hydrogen-bond donors (Lipinski definition) is 0. The quantitative estimate of drug-likeness (QED) is 0.460. The lowest BCUT2D eigenvalue weighted by atomic mass is 10.1. The first kappa shape index (κ1) is 16.9. The van der Waals surface area contributed by atoms with Crippen molar-refractivity contribution in [1.82, 2.24) is 19.1 Å². The van der Waals surface area contributed by atoms with Crippen LogP contribution >= 0.6 is 11.3 Å². The molecule has 2 aromatic carbocycles. The predicted octanol–water partition coefficient (Wildman–Crippen LogP) is 4.46. The number of rotatable bonds is 3. The molecular formula is C22H18N4OS. The fourth-order valence-electron chi connectivity index (χ4n) is 3.71.